The van der Waals surface area contributed by atoms with E-state index in [4.69, 9.17) is 4.74 Å². The summed E-state index contributed by atoms with van der Waals surface area (Å²) in [5.74, 6) is 0.681. The second-order valence-electron chi connectivity index (χ2n) is 6.66. The highest BCUT2D eigenvalue weighted by molar-refractivity contribution is 8.14. The van der Waals surface area contributed by atoms with Gasteiger partial charge in [-0.1, -0.05) is 51.8 Å². The average molecular weight is 416 g/mol. The molecule has 1 unspecified atom stereocenters. The van der Waals surface area contributed by atoms with Crippen molar-refractivity contribution < 1.29 is 17.9 Å². The van der Waals surface area contributed by atoms with Gasteiger partial charge in [0.25, 0.3) is 0 Å². The first kappa shape index (κ1) is 24.0. The van der Waals surface area contributed by atoms with Crippen molar-refractivity contribution >= 4 is 26.9 Å². The fourth-order valence-corrected chi connectivity index (χ4v) is 5.13. The largest absolute Gasteiger partial charge is 0.494 e. The van der Waals surface area contributed by atoms with Crippen LogP contribution in [0.25, 0.3) is 0 Å². The molecule has 0 radical (unpaired) electrons. The van der Waals surface area contributed by atoms with E-state index in [1.165, 1.54) is 23.0 Å². The van der Waals surface area contributed by atoms with Crippen molar-refractivity contribution in [3.63, 3.8) is 0 Å². The molecule has 0 fully saturated rings. The third kappa shape index (κ3) is 8.66. The molecule has 0 heterocycles. The summed E-state index contributed by atoms with van der Waals surface area (Å²) in [4.78, 5) is 11.6. The Balaban J connectivity index is 2.91. The van der Waals surface area contributed by atoms with Gasteiger partial charge in [-0.2, -0.15) is 4.31 Å². The van der Waals surface area contributed by atoms with Gasteiger partial charge in [0.2, 0.25) is 10.0 Å². The normalized spacial score (nSPS) is 12.9. The molecule has 0 saturated heterocycles. The van der Waals surface area contributed by atoms with Crippen LogP contribution < -0.4 is 4.74 Å². The first-order valence-electron chi connectivity index (χ1n) is 9.71. The van der Waals surface area contributed by atoms with Crippen molar-refractivity contribution in [1.29, 1.82) is 0 Å². The second kappa shape index (κ2) is 12.4. The zero-order valence-corrected chi connectivity index (χ0v) is 18.6. The Labute approximate surface area is 168 Å². The Bertz CT molecular complexity index is 659. The van der Waals surface area contributed by atoms with Crippen molar-refractivity contribution in [3.05, 3.63) is 24.3 Å². The van der Waals surface area contributed by atoms with Crippen molar-refractivity contribution in [2.45, 2.75) is 69.9 Å². The van der Waals surface area contributed by atoms with E-state index in [0.29, 0.717) is 25.4 Å². The molecule has 1 atom stereocenters. The summed E-state index contributed by atoms with van der Waals surface area (Å²) in [7, 11) is -3.60. The molecule has 1 aromatic carbocycles. The van der Waals surface area contributed by atoms with Crippen LogP contribution in [0.15, 0.2) is 29.2 Å². The first-order chi connectivity index (χ1) is 12.8. The summed E-state index contributed by atoms with van der Waals surface area (Å²) in [5, 5.41) is -0.0856. The van der Waals surface area contributed by atoms with Crippen molar-refractivity contribution in [2.24, 2.45) is 0 Å². The van der Waals surface area contributed by atoms with Gasteiger partial charge in [0.05, 0.1) is 11.5 Å². The first-order valence-corrected chi connectivity index (χ1v) is 12.0. The lowest BCUT2D eigenvalue weighted by atomic mass is 10.2. The number of hydrogen-bond acceptors (Lipinski definition) is 5. The lowest BCUT2D eigenvalue weighted by Crippen LogP contribution is -2.36. The van der Waals surface area contributed by atoms with E-state index in [1.54, 1.807) is 24.3 Å². The van der Waals surface area contributed by atoms with Gasteiger partial charge in [0, 0.05) is 25.3 Å². The minimum Gasteiger partial charge on any atom is -0.494 e. The van der Waals surface area contributed by atoms with Crippen LogP contribution in [0.1, 0.15) is 59.8 Å². The number of benzene rings is 1. The molecule has 0 saturated carbocycles. The molecule has 1 rings (SSSR count). The van der Waals surface area contributed by atoms with Crippen LogP contribution in [0, 0.1) is 0 Å². The summed E-state index contributed by atoms with van der Waals surface area (Å²) in [6.45, 7) is 9.00. The van der Waals surface area contributed by atoms with Crippen LogP contribution in [0.4, 0.5) is 0 Å². The SMILES string of the molecule is CCCCCN(CC(C)SC(C)=O)S(=O)(=O)c1ccc(OCCCC)cc1. The maximum atomic E-state index is 13.1. The van der Waals surface area contributed by atoms with Gasteiger partial charge < -0.3 is 4.74 Å². The number of thioether (sulfide) groups is 1. The molecule has 0 N–H and O–H groups in total. The predicted octanol–water partition coefficient (Wildman–Crippen LogP) is 4.71. The maximum Gasteiger partial charge on any atom is 0.243 e. The number of unbranched alkanes of at least 4 members (excludes halogenated alkanes) is 3. The quantitative estimate of drug-likeness (QED) is 0.436. The van der Waals surface area contributed by atoms with Gasteiger partial charge >= 0.3 is 0 Å². The standard InChI is InChI=1S/C20H33NO4S2/c1-5-7-9-14-21(16-17(3)26-18(4)22)27(23,24)20-12-10-19(11-13-20)25-15-8-6-2/h10-13,17H,5-9,14-16H2,1-4H3. The van der Waals surface area contributed by atoms with Crippen molar-refractivity contribution in [3.8, 4) is 5.75 Å². The van der Waals surface area contributed by atoms with E-state index in [2.05, 4.69) is 13.8 Å². The maximum absolute atomic E-state index is 13.1. The fourth-order valence-electron chi connectivity index (χ4n) is 2.65. The number of carbonyl (C=O) groups excluding carboxylic acids is 1. The number of hydrogen-bond donors (Lipinski definition) is 0. The highest BCUT2D eigenvalue weighted by atomic mass is 32.2. The Morgan fingerprint density at radius 1 is 1.11 bits per heavy atom. The summed E-state index contributed by atoms with van der Waals surface area (Å²) in [6, 6.07) is 6.62. The van der Waals surface area contributed by atoms with Gasteiger partial charge in [-0.15, -0.1) is 0 Å². The molecular weight excluding hydrogens is 382 g/mol. The molecule has 0 aliphatic rings. The molecule has 1 aromatic rings. The van der Waals surface area contributed by atoms with Gasteiger partial charge in [-0.25, -0.2) is 8.42 Å². The Morgan fingerprint density at radius 3 is 2.30 bits per heavy atom. The van der Waals surface area contributed by atoms with Gasteiger partial charge in [-0.05, 0) is 37.1 Å². The van der Waals surface area contributed by atoms with Crippen molar-refractivity contribution in [2.75, 3.05) is 19.7 Å². The molecule has 27 heavy (non-hydrogen) atoms. The number of ether oxygens (including phenoxy) is 1. The molecule has 0 amide bonds. The average Bonchev–Trinajstić information content (AvgIpc) is 2.61. The summed E-state index contributed by atoms with van der Waals surface area (Å²) in [6.07, 6.45) is 4.83. The highest BCUT2D eigenvalue weighted by Gasteiger charge is 2.26. The fraction of sp³-hybridized carbons (Fsp3) is 0.650. The van der Waals surface area contributed by atoms with Crippen LogP contribution in [0.5, 0.6) is 5.75 Å². The molecule has 0 bridgehead atoms. The third-order valence-electron chi connectivity index (χ3n) is 4.07. The summed E-state index contributed by atoms with van der Waals surface area (Å²) in [5.41, 5.74) is 0. The van der Waals surface area contributed by atoms with E-state index < -0.39 is 10.0 Å². The predicted molar refractivity (Wildman–Crippen MR) is 113 cm³/mol. The molecule has 0 aliphatic carbocycles. The summed E-state index contributed by atoms with van der Waals surface area (Å²) < 4.78 is 33.3. The van der Waals surface area contributed by atoms with Gasteiger partial charge in [0.1, 0.15) is 5.75 Å². The molecular formula is C20H33NO4S2. The third-order valence-corrected chi connectivity index (χ3v) is 6.83. The number of rotatable bonds is 13. The number of carbonyl (C=O) groups is 1. The van der Waals surface area contributed by atoms with E-state index >= 15 is 0 Å². The Hall–Kier alpha value is -1.05. The van der Waals surface area contributed by atoms with Gasteiger partial charge in [0.15, 0.2) is 5.12 Å². The van der Waals surface area contributed by atoms with Crippen LogP contribution in [0.3, 0.4) is 0 Å². The minimum atomic E-state index is -3.60. The Morgan fingerprint density at radius 2 is 1.74 bits per heavy atom. The van der Waals surface area contributed by atoms with Crippen LogP contribution in [0.2, 0.25) is 0 Å². The molecule has 0 aliphatic heterocycles. The molecule has 7 heteroatoms. The molecule has 5 nitrogen and oxygen atoms in total. The van der Waals surface area contributed by atoms with E-state index in [1.807, 2.05) is 6.92 Å². The number of sulfonamides is 1. The minimum absolute atomic E-state index is 0.00184. The Kier molecular flexibility index (Phi) is 11.0. The second-order valence-corrected chi connectivity index (χ2v) is 10.2. The van der Waals surface area contributed by atoms with Crippen LogP contribution in [-0.4, -0.2) is 42.8 Å². The van der Waals surface area contributed by atoms with Crippen molar-refractivity contribution in [1.82, 2.24) is 4.31 Å². The topological polar surface area (TPSA) is 63.7 Å². The molecule has 154 valence electrons. The van der Waals surface area contributed by atoms with E-state index in [0.717, 1.165) is 32.1 Å². The lowest BCUT2D eigenvalue weighted by molar-refractivity contribution is -0.109. The van der Waals surface area contributed by atoms with Crippen LogP contribution >= 0.6 is 11.8 Å². The lowest BCUT2D eigenvalue weighted by Gasteiger charge is -2.25. The summed E-state index contributed by atoms with van der Waals surface area (Å²) >= 11 is 1.18. The molecule has 0 spiro atoms. The van der Waals surface area contributed by atoms with E-state index in [-0.39, 0.29) is 15.3 Å². The highest BCUT2D eigenvalue weighted by Crippen LogP contribution is 2.23. The zero-order chi connectivity index (χ0) is 20.3. The monoisotopic (exact) mass is 415 g/mol. The van der Waals surface area contributed by atoms with E-state index in [9.17, 15) is 13.2 Å². The number of nitrogens with zero attached hydrogens (tertiary/aromatic N) is 1. The zero-order valence-electron chi connectivity index (χ0n) is 16.9. The van der Waals surface area contributed by atoms with Crippen LogP contribution in [-0.2, 0) is 14.8 Å². The van der Waals surface area contributed by atoms with Gasteiger partial charge in [-0.3, -0.25) is 4.79 Å². The smallest absolute Gasteiger partial charge is 0.243 e. The molecule has 0 aromatic heterocycles.